The van der Waals surface area contributed by atoms with E-state index < -0.39 is 12.0 Å². The normalized spacial score (nSPS) is 12.3. The Labute approximate surface area is 149 Å². The first kappa shape index (κ1) is 16.9. The highest BCUT2D eigenvalue weighted by Crippen LogP contribution is 2.25. The highest BCUT2D eigenvalue weighted by molar-refractivity contribution is 7.20. The lowest BCUT2D eigenvalue weighted by Crippen LogP contribution is -2.40. The summed E-state index contributed by atoms with van der Waals surface area (Å²) in [5.41, 5.74) is 0.988. The fourth-order valence-electron chi connectivity index (χ4n) is 2.45. The summed E-state index contributed by atoms with van der Waals surface area (Å²) in [4.78, 5) is 24.3. The highest BCUT2D eigenvalue weighted by Gasteiger charge is 2.20. The number of amides is 1. The van der Waals surface area contributed by atoms with E-state index in [9.17, 15) is 14.7 Å². The predicted octanol–water partition coefficient (Wildman–Crippen LogP) is 4.19. The first-order valence-electron chi connectivity index (χ1n) is 7.87. The number of nitrogens with one attached hydrogen (secondary N) is 1. The van der Waals surface area contributed by atoms with Gasteiger partial charge in [0.15, 0.2) is 0 Å². The minimum atomic E-state index is -1.05. The van der Waals surface area contributed by atoms with Gasteiger partial charge in [-0.05, 0) is 29.5 Å². The SMILES string of the molecule is O=C(N[C@H](CC=Cc1ccccc1)C(=O)O)c1cc2ccccc2s1. The van der Waals surface area contributed by atoms with Crippen LogP contribution in [-0.4, -0.2) is 23.0 Å². The lowest BCUT2D eigenvalue weighted by Gasteiger charge is -2.11. The van der Waals surface area contributed by atoms with Gasteiger partial charge in [0.1, 0.15) is 6.04 Å². The summed E-state index contributed by atoms with van der Waals surface area (Å²) in [5.74, 6) is -1.41. The lowest BCUT2D eigenvalue weighted by atomic mass is 10.1. The topological polar surface area (TPSA) is 66.4 Å². The third-order valence-electron chi connectivity index (χ3n) is 3.73. The van der Waals surface area contributed by atoms with Crippen molar-refractivity contribution in [3.63, 3.8) is 0 Å². The summed E-state index contributed by atoms with van der Waals surface area (Å²) in [5, 5.41) is 12.9. The number of benzene rings is 2. The van der Waals surface area contributed by atoms with Gasteiger partial charge in [-0.3, -0.25) is 4.79 Å². The van der Waals surface area contributed by atoms with Crippen molar-refractivity contribution >= 4 is 39.4 Å². The van der Waals surface area contributed by atoms with Gasteiger partial charge >= 0.3 is 5.97 Å². The maximum Gasteiger partial charge on any atom is 0.326 e. The van der Waals surface area contributed by atoms with Crippen LogP contribution in [0.3, 0.4) is 0 Å². The Morgan fingerprint density at radius 3 is 2.52 bits per heavy atom. The summed E-state index contributed by atoms with van der Waals surface area (Å²) >= 11 is 1.36. The summed E-state index contributed by atoms with van der Waals surface area (Å²) < 4.78 is 1.00. The van der Waals surface area contributed by atoms with Crippen molar-refractivity contribution < 1.29 is 14.7 Å². The van der Waals surface area contributed by atoms with Crippen LogP contribution in [0.25, 0.3) is 16.2 Å². The van der Waals surface area contributed by atoms with Gasteiger partial charge in [0.2, 0.25) is 0 Å². The van der Waals surface area contributed by atoms with Crippen LogP contribution < -0.4 is 5.32 Å². The predicted molar refractivity (Wildman–Crippen MR) is 101 cm³/mol. The zero-order valence-corrected chi connectivity index (χ0v) is 14.2. The summed E-state index contributed by atoms with van der Waals surface area (Å²) in [6.07, 6.45) is 3.84. The Balaban J connectivity index is 1.67. The van der Waals surface area contributed by atoms with E-state index in [1.165, 1.54) is 11.3 Å². The van der Waals surface area contributed by atoms with Crippen LogP contribution in [0.5, 0.6) is 0 Å². The van der Waals surface area contributed by atoms with E-state index in [2.05, 4.69) is 5.32 Å². The van der Waals surface area contributed by atoms with Gasteiger partial charge in [-0.25, -0.2) is 4.79 Å². The molecule has 4 nitrogen and oxygen atoms in total. The van der Waals surface area contributed by atoms with Crippen molar-refractivity contribution in [2.24, 2.45) is 0 Å². The standard InChI is InChI=1S/C20H17NO3S/c22-19(18-13-15-10-4-5-12-17(15)25-18)21-16(20(23)24)11-6-9-14-7-2-1-3-8-14/h1-10,12-13,16H,11H2,(H,21,22)(H,23,24)/t16-/m1/s1. The van der Waals surface area contributed by atoms with Crippen molar-refractivity contribution in [2.75, 3.05) is 0 Å². The van der Waals surface area contributed by atoms with Crippen LogP contribution in [0.2, 0.25) is 0 Å². The number of fused-ring (bicyclic) bond motifs is 1. The van der Waals surface area contributed by atoms with Gasteiger partial charge in [0, 0.05) is 4.70 Å². The fraction of sp³-hybridized carbons (Fsp3) is 0.100. The average molecular weight is 351 g/mol. The molecular formula is C20H17NO3S. The van der Waals surface area contributed by atoms with E-state index >= 15 is 0 Å². The monoisotopic (exact) mass is 351 g/mol. The zero-order chi connectivity index (χ0) is 17.6. The molecule has 2 N–H and O–H groups in total. The lowest BCUT2D eigenvalue weighted by molar-refractivity contribution is -0.139. The maximum atomic E-state index is 12.4. The largest absolute Gasteiger partial charge is 0.480 e. The van der Waals surface area contributed by atoms with Gasteiger partial charge in [-0.2, -0.15) is 0 Å². The minimum Gasteiger partial charge on any atom is -0.480 e. The van der Waals surface area contributed by atoms with Crippen molar-refractivity contribution in [3.05, 3.63) is 77.2 Å². The van der Waals surface area contributed by atoms with Gasteiger partial charge in [-0.15, -0.1) is 11.3 Å². The molecule has 0 saturated carbocycles. The number of hydrogen-bond acceptors (Lipinski definition) is 3. The van der Waals surface area contributed by atoms with Crippen LogP contribution in [0.1, 0.15) is 21.7 Å². The molecule has 0 saturated heterocycles. The number of carboxylic acid groups (broad SMARTS) is 1. The summed E-state index contributed by atoms with van der Waals surface area (Å²) in [6.45, 7) is 0. The van der Waals surface area contributed by atoms with Crippen LogP contribution in [0.15, 0.2) is 66.7 Å². The second-order valence-corrected chi connectivity index (χ2v) is 6.65. The molecule has 1 atom stereocenters. The van der Waals surface area contributed by atoms with Crippen molar-refractivity contribution in [2.45, 2.75) is 12.5 Å². The van der Waals surface area contributed by atoms with Crippen LogP contribution >= 0.6 is 11.3 Å². The molecule has 0 bridgehead atoms. The molecule has 3 aromatic rings. The Bertz CT molecular complexity index is 882. The van der Waals surface area contributed by atoms with Crippen LogP contribution in [0, 0.1) is 0 Å². The maximum absolute atomic E-state index is 12.4. The molecule has 126 valence electrons. The Hall–Kier alpha value is -2.92. The molecule has 0 fully saturated rings. The molecule has 0 aliphatic heterocycles. The van der Waals surface area contributed by atoms with Crippen molar-refractivity contribution in [3.8, 4) is 0 Å². The van der Waals surface area contributed by atoms with Crippen molar-refractivity contribution in [1.82, 2.24) is 5.32 Å². The molecule has 2 aromatic carbocycles. The first-order chi connectivity index (χ1) is 12.1. The summed E-state index contributed by atoms with van der Waals surface area (Å²) in [6, 6.07) is 18.1. The molecule has 1 aromatic heterocycles. The van der Waals surface area contributed by atoms with Crippen LogP contribution in [-0.2, 0) is 4.79 Å². The molecule has 0 unspecified atom stereocenters. The number of aliphatic carboxylic acids is 1. The second kappa shape index (κ2) is 7.77. The van der Waals surface area contributed by atoms with E-state index in [0.29, 0.717) is 4.88 Å². The van der Waals surface area contributed by atoms with E-state index in [0.717, 1.165) is 15.6 Å². The molecule has 25 heavy (non-hydrogen) atoms. The molecule has 0 radical (unpaired) electrons. The first-order valence-corrected chi connectivity index (χ1v) is 8.69. The third kappa shape index (κ3) is 4.33. The fourth-order valence-corrected chi connectivity index (χ4v) is 3.41. The number of carbonyl (C=O) groups excluding carboxylic acids is 1. The number of carboxylic acids is 1. The Morgan fingerprint density at radius 2 is 1.80 bits per heavy atom. The van der Waals surface area contributed by atoms with E-state index in [-0.39, 0.29) is 12.3 Å². The third-order valence-corrected chi connectivity index (χ3v) is 4.85. The van der Waals surface area contributed by atoms with E-state index in [1.807, 2.05) is 60.7 Å². The molecule has 1 heterocycles. The van der Waals surface area contributed by atoms with Crippen molar-refractivity contribution in [1.29, 1.82) is 0 Å². The average Bonchev–Trinajstić information content (AvgIpc) is 3.06. The Morgan fingerprint density at radius 1 is 1.08 bits per heavy atom. The quantitative estimate of drug-likeness (QED) is 0.700. The second-order valence-electron chi connectivity index (χ2n) is 5.56. The molecule has 1 amide bonds. The molecule has 0 spiro atoms. The number of rotatable bonds is 6. The van der Waals surface area contributed by atoms with Crippen LogP contribution in [0.4, 0.5) is 0 Å². The molecule has 0 aliphatic carbocycles. The highest BCUT2D eigenvalue weighted by atomic mass is 32.1. The summed E-state index contributed by atoms with van der Waals surface area (Å²) in [7, 11) is 0. The number of thiophene rings is 1. The molecule has 5 heteroatoms. The van der Waals surface area contributed by atoms with Gasteiger partial charge in [0.05, 0.1) is 4.88 Å². The van der Waals surface area contributed by atoms with Gasteiger partial charge in [0.25, 0.3) is 5.91 Å². The zero-order valence-electron chi connectivity index (χ0n) is 13.4. The van der Waals surface area contributed by atoms with Gasteiger partial charge in [-0.1, -0.05) is 60.7 Å². The van der Waals surface area contributed by atoms with E-state index in [4.69, 9.17) is 0 Å². The number of carbonyl (C=O) groups is 2. The number of hydrogen-bond donors (Lipinski definition) is 2. The van der Waals surface area contributed by atoms with Gasteiger partial charge < -0.3 is 10.4 Å². The molecular weight excluding hydrogens is 334 g/mol. The Kier molecular flexibility index (Phi) is 5.26. The smallest absolute Gasteiger partial charge is 0.326 e. The molecule has 0 aliphatic rings. The molecule has 3 rings (SSSR count). The minimum absolute atomic E-state index is 0.223. The van der Waals surface area contributed by atoms with E-state index in [1.54, 1.807) is 12.1 Å².